The first kappa shape index (κ1) is 12.0. The van der Waals surface area contributed by atoms with Crippen molar-refractivity contribution in [1.82, 2.24) is 4.98 Å². The molecule has 5 nitrogen and oxygen atoms in total. The number of fused-ring (bicyclic) bond motifs is 2. The molecular formula is C14H16N2O3. The highest BCUT2D eigenvalue weighted by Crippen LogP contribution is 2.37. The molecule has 1 aromatic carbocycles. The Morgan fingerprint density at radius 2 is 2.16 bits per heavy atom. The van der Waals surface area contributed by atoms with Gasteiger partial charge in [0.25, 0.3) is 0 Å². The van der Waals surface area contributed by atoms with E-state index in [4.69, 9.17) is 14.6 Å². The number of benzene rings is 1. The van der Waals surface area contributed by atoms with Crippen molar-refractivity contribution < 1.29 is 14.6 Å². The minimum atomic E-state index is 0.157. The van der Waals surface area contributed by atoms with Crippen LogP contribution in [0.15, 0.2) is 24.4 Å². The Kier molecular flexibility index (Phi) is 3.13. The summed E-state index contributed by atoms with van der Waals surface area (Å²) in [6, 6.07) is 5.84. The number of hydrogen-bond donors (Lipinski definition) is 2. The number of rotatable bonds is 4. The summed E-state index contributed by atoms with van der Waals surface area (Å²) in [5.74, 6) is 2.51. The molecule has 1 unspecified atom stereocenters. The summed E-state index contributed by atoms with van der Waals surface area (Å²) in [5.41, 5.74) is 0. The van der Waals surface area contributed by atoms with Crippen LogP contribution in [0, 0.1) is 5.92 Å². The van der Waals surface area contributed by atoms with Crippen molar-refractivity contribution in [3.05, 3.63) is 24.4 Å². The summed E-state index contributed by atoms with van der Waals surface area (Å²) < 4.78 is 10.8. The Morgan fingerprint density at radius 3 is 2.95 bits per heavy atom. The quantitative estimate of drug-likeness (QED) is 0.880. The van der Waals surface area contributed by atoms with Gasteiger partial charge >= 0.3 is 0 Å². The minimum Gasteiger partial charge on any atom is -0.454 e. The normalized spacial score (nSPS) is 14.6. The Labute approximate surface area is 111 Å². The topological polar surface area (TPSA) is 63.6 Å². The summed E-state index contributed by atoms with van der Waals surface area (Å²) in [7, 11) is 0. The third kappa shape index (κ3) is 2.29. The number of ether oxygens (including phenoxy) is 2. The van der Waals surface area contributed by atoms with Crippen molar-refractivity contribution in [3.8, 4) is 11.5 Å². The molecule has 1 atom stereocenters. The lowest BCUT2D eigenvalue weighted by Crippen LogP contribution is -2.15. The van der Waals surface area contributed by atoms with Gasteiger partial charge in [-0.2, -0.15) is 0 Å². The van der Waals surface area contributed by atoms with Gasteiger partial charge in [-0.1, -0.05) is 6.92 Å². The lowest BCUT2D eigenvalue weighted by molar-refractivity contribution is 0.174. The van der Waals surface area contributed by atoms with E-state index in [9.17, 15) is 0 Å². The highest BCUT2D eigenvalue weighted by Gasteiger charge is 2.15. The third-order valence-electron chi connectivity index (χ3n) is 3.19. The molecular weight excluding hydrogens is 244 g/mol. The average molecular weight is 260 g/mol. The molecule has 19 heavy (non-hydrogen) atoms. The van der Waals surface area contributed by atoms with Crippen LogP contribution in [0.2, 0.25) is 0 Å². The molecule has 1 aliphatic rings. The van der Waals surface area contributed by atoms with Crippen molar-refractivity contribution >= 4 is 16.6 Å². The van der Waals surface area contributed by atoms with E-state index in [0.29, 0.717) is 6.54 Å². The lowest BCUT2D eigenvalue weighted by atomic mass is 10.1. The molecule has 0 bridgehead atoms. The van der Waals surface area contributed by atoms with Crippen LogP contribution < -0.4 is 14.8 Å². The number of nitrogens with zero attached hydrogens (tertiary/aromatic N) is 1. The molecule has 0 aliphatic carbocycles. The van der Waals surface area contributed by atoms with Crippen LogP contribution in [0.1, 0.15) is 6.92 Å². The van der Waals surface area contributed by atoms with E-state index in [-0.39, 0.29) is 19.3 Å². The molecule has 3 rings (SSSR count). The molecule has 5 heteroatoms. The van der Waals surface area contributed by atoms with E-state index >= 15 is 0 Å². The van der Waals surface area contributed by atoms with Crippen molar-refractivity contribution in [2.24, 2.45) is 5.92 Å². The van der Waals surface area contributed by atoms with Crippen LogP contribution in [0.25, 0.3) is 10.8 Å². The highest BCUT2D eigenvalue weighted by atomic mass is 16.7. The van der Waals surface area contributed by atoms with Gasteiger partial charge in [0.15, 0.2) is 11.5 Å². The number of aliphatic hydroxyl groups excluding tert-OH is 1. The maximum absolute atomic E-state index is 9.06. The smallest absolute Gasteiger partial charge is 0.231 e. The molecule has 0 fully saturated rings. The molecule has 0 saturated heterocycles. The lowest BCUT2D eigenvalue weighted by Gasteiger charge is -2.12. The predicted octanol–water partition coefficient (Wildman–Crippen LogP) is 2.00. The zero-order valence-electron chi connectivity index (χ0n) is 10.7. The summed E-state index contributed by atoms with van der Waals surface area (Å²) in [4.78, 5) is 4.35. The third-order valence-corrected chi connectivity index (χ3v) is 3.19. The summed E-state index contributed by atoms with van der Waals surface area (Å²) >= 11 is 0. The summed E-state index contributed by atoms with van der Waals surface area (Å²) in [5, 5.41) is 14.4. The highest BCUT2D eigenvalue weighted by molar-refractivity contribution is 5.94. The molecule has 100 valence electrons. The van der Waals surface area contributed by atoms with Crippen molar-refractivity contribution in [2.45, 2.75) is 6.92 Å². The Hall–Kier alpha value is -2.01. The van der Waals surface area contributed by atoms with Gasteiger partial charge in [-0.3, -0.25) is 0 Å². The van der Waals surface area contributed by atoms with E-state index in [1.807, 2.05) is 25.1 Å². The second-order valence-electron chi connectivity index (χ2n) is 4.75. The fraction of sp³-hybridized carbons (Fsp3) is 0.357. The first-order valence-electron chi connectivity index (χ1n) is 6.31. The van der Waals surface area contributed by atoms with Gasteiger partial charge in [0.05, 0.1) is 0 Å². The van der Waals surface area contributed by atoms with Crippen molar-refractivity contribution in [1.29, 1.82) is 0 Å². The van der Waals surface area contributed by atoms with Gasteiger partial charge < -0.3 is 19.9 Å². The molecule has 1 aromatic heterocycles. The van der Waals surface area contributed by atoms with Gasteiger partial charge in [0.1, 0.15) is 5.82 Å². The Balaban J connectivity index is 1.96. The summed E-state index contributed by atoms with van der Waals surface area (Å²) in [6.45, 7) is 3.08. The van der Waals surface area contributed by atoms with E-state index in [1.165, 1.54) is 0 Å². The molecule has 2 aromatic rings. The van der Waals surface area contributed by atoms with E-state index in [2.05, 4.69) is 10.3 Å². The van der Waals surface area contributed by atoms with Gasteiger partial charge in [-0.25, -0.2) is 4.98 Å². The van der Waals surface area contributed by atoms with E-state index < -0.39 is 0 Å². The van der Waals surface area contributed by atoms with E-state index in [0.717, 1.165) is 28.1 Å². The predicted molar refractivity (Wildman–Crippen MR) is 72.6 cm³/mol. The number of anilines is 1. The van der Waals surface area contributed by atoms with Gasteiger partial charge in [-0.15, -0.1) is 0 Å². The maximum Gasteiger partial charge on any atom is 0.231 e. The van der Waals surface area contributed by atoms with Crippen LogP contribution in [0.3, 0.4) is 0 Å². The van der Waals surface area contributed by atoms with Crippen LogP contribution in [-0.2, 0) is 0 Å². The number of nitrogens with one attached hydrogen (secondary N) is 1. The Bertz CT molecular complexity index is 601. The van der Waals surface area contributed by atoms with Crippen LogP contribution in [0.4, 0.5) is 5.82 Å². The maximum atomic E-state index is 9.06. The SMILES string of the molecule is CC(CO)CNc1nccc2cc3c(cc12)OCO3. The Morgan fingerprint density at radius 1 is 1.37 bits per heavy atom. The van der Waals surface area contributed by atoms with Crippen LogP contribution >= 0.6 is 0 Å². The van der Waals surface area contributed by atoms with Gasteiger partial charge in [0.2, 0.25) is 6.79 Å². The number of pyridine rings is 1. The molecule has 0 spiro atoms. The summed E-state index contributed by atoms with van der Waals surface area (Å²) in [6.07, 6.45) is 1.76. The number of aliphatic hydroxyl groups is 1. The second kappa shape index (κ2) is 4.93. The standard InChI is InChI=1S/C14H16N2O3/c1-9(7-17)6-16-14-11-5-13-12(18-8-19-13)4-10(11)2-3-15-14/h2-5,9,17H,6-8H2,1H3,(H,15,16). The second-order valence-corrected chi connectivity index (χ2v) is 4.75. The van der Waals surface area contributed by atoms with Crippen molar-refractivity contribution in [3.63, 3.8) is 0 Å². The fourth-order valence-electron chi connectivity index (χ4n) is 2.04. The van der Waals surface area contributed by atoms with Gasteiger partial charge in [0, 0.05) is 24.7 Å². The molecule has 2 heterocycles. The van der Waals surface area contributed by atoms with E-state index in [1.54, 1.807) is 6.20 Å². The largest absolute Gasteiger partial charge is 0.454 e. The molecule has 0 saturated carbocycles. The molecule has 0 radical (unpaired) electrons. The molecule has 2 N–H and O–H groups in total. The van der Waals surface area contributed by atoms with Crippen molar-refractivity contribution in [2.75, 3.05) is 25.3 Å². The number of hydrogen-bond acceptors (Lipinski definition) is 5. The monoisotopic (exact) mass is 260 g/mol. The first-order chi connectivity index (χ1) is 9.28. The number of aromatic nitrogens is 1. The van der Waals surface area contributed by atoms with Crippen LogP contribution in [0.5, 0.6) is 11.5 Å². The minimum absolute atomic E-state index is 0.157. The van der Waals surface area contributed by atoms with Crippen LogP contribution in [-0.4, -0.2) is 30.0 Å². The zero-order chi connectivity index (χ0) is 13.2. The molecule has 1 aliphatic heterocycles. The average Bonchev–Trinajstić information content (AvgIpc) is 2.89. The molecule has 0 amide bonds. The zero-order valence-corrected chi connectivity index (χ0v) is 10.7. The first-order valence-corrected chi connectivity index (χ1v) is 6.31. The van der Waals surface area contributed by atoms with Gasteiger partial charge in [-0.05, 0) is 29.5 Å². The fourth-order valence-corrected chi connectivity index (χ4v) is 2.04.